The van der Waals surface area contributed by atoms with Gasteiger partial charge in [0.05, 0.1) is 5.69 Å². The Hall–Kier alpha value is -3.06. The van der Waals surface area contributed by atoms with Gasteiger partial charge in [-0.1, -0.05) is 47.7 Å². The molecule has 0 fully saturated rings. The maximum Gasteiger partial charge on any atom is 0.235 e. The normalized spacial score (nSPS) is 11.6. The zero-order chi connectivity index (χ0) is 16.8. The van der Waals surface area contributed by atoms with E-state index in [0.29, 0.717) is 0 Å². The van der Waals surface area contributed by atoms with Crippen molar-refractivity contribution in [2.75, 3.05) is 0 Å². The predicted molar refractivity (Wildman–Crippen MR) is 96.8 cm³/mol. The van der Waals surface area contributed by atoms with Crippen molar-refractivity contribution < 1.29 is 0 Å². The Morgan fingerprint density at radius 2 is 1.84 bits per heavy atom. The second kappa shape index (κ2) is 5.49. The largest absolute Gasteiger partial charge is 0.297 e. The van der Waals surface area contributed by atoms with Gasteiger partial charge in [0, 0.05) is 12.6 Å². The molecule has 0 atom stereocenters. The van der Waals surface area contributed by atoms with Crippen molar-refractivity contribution in [3.05, 3.63) is 71.0 Å². The van der Waals surface area contributed by atoms with E-state index in [1.54, 1.807) is 11.3 Å². The van der Waals surface area contributed by atoms with Gasteiger partial charge in [0.1, 0.15) is 16.3 Å². The SMILES string of the molecule is Cc1nc2ccccn2c1-c1nnc2sc(Cc3ccccc3)nn12. The number of hydrogen-bond donors (Lipinski definition) is 0. The van der Waals surface area contributed by atoms with Crippen molar-refractivity contribution in [1.29, 1.82) is 0 Å². The summed E-state index contributed by atoms with van der Waals surface area (Å²) >= 11 is 1.57. The highest BCUT2D eigenvalue weighted by molar-refractivity contribution is 7.16. The van der Waals surface area contributed by atoms with E-state index in [2.05, 4.69) is 27.3 Å². The molecule has 0 aliphatic heterocycles. The third-order valence-corrected chi connectivity index (χ3v) is 5.05. The summed E-state index contributed by atoms with van der Waals surface area (Å²) in [7, 11) is 0. The fourth-order valence-corrected chi connectivity index (χ4v) is 3.90. The predicted octanol–water partition coefficient (Wildman–Crippen LogP) is 3.40. The maximum absolute atomic E-state index is 4.74. The third kappa shape index (κ3) is 2.32. The van der Waals surface area contributed by atoms with Gasteiger partial charge >= 0.3 is 0 Å². The molecule has 7 heteroatoms. The van der Waals surface area contributed by atoms with E-state index in [4.69, 9.17) is 5.10 Å². The summed E-state index contributed by atoms with van der Waals surface area (Å²) in [5.74, 6) is 0.724. The van der Waals surface area contributed by atoms with Crippen LogP contribution in [0, 0.1) is 6.92 Å². The first-order valence-corrected chi connectivity index (χ1v) is 8.80. The van der Waals surface area contributed by atoms with Crippen LogP contribution in [-0.4, -0.2) is 29.2 Å². The van der Waals surface area contributed by atoms with Gasteiger partial charge < -0.3 is 0 Å². The summed E-state index contributed by atoms with van der Waals surface area (Å²) in [6.45, 7) is 1.99. The fraction of sp³-hybridized carbons (Fsp3) is 0.111. The highest BCUT2D eigenvalue weighted by atomic mass is 32.1. The highest BCUT2D eigenvalue weighted by Gasteiger charge is 2.19. The highest BCUT2D eigenvalue weighted by Crippen LogP contribution is 2.26. The molecule has 0 N–H and O–H groups in total. The quantitative estimate of drug-likeness (QED) is 0.502. The van der Waals surface area contributed by atoms with Crippen molar-refractivity contribution in [2.45, 2.75) is 13.3 Å². The van der Waals surface area contributed by atoms with Crippen molar-refractivity contribution >= 4 is 21.9 Å². The van der Waals surface area contributed by atoms with E-state index < -0.39 is 0 Å². The van der Waals surface area contributed by atoms with Crippen molar-refractivity contribution in [1.82, 2.24) is 29.2 Å². The minimum Gasteiger partial charge on any atom is -0.297 e. The summed E-state index contributed by atoms with van der Waals surface area (Å²) < 4.78 is 3.86. The number of fused-ring (bicyclic) bond motifs is 2. The summed E-state index contributed by atoms with van der Waals surface area (Å²) in [5, 5.41) is 14.4. The van der Waals surface area contributed by atoms with Gasteiger partial charge in [-0.3, -0.25) is 4.40 Å². The van der Waals surface area contributed by atoms with Gasteiger partial charge in [0.15, 0.2) is 0 Å². The van der Waals surface area contributed by atoms with Gasteiger partial charge in [0.2, 0.25) is 10.8 Å². The first-order valence-electron chi connectivity index (χ1n) is 7.99. The minimum absolute atomic E-state index is 0.724. The average Bonchev–Trinajstić information content (AvgIpc) is 3.27. The Bertz CT molecular complexity index is 1180. The Kier molecular flexibility index (Phi) is 3.14. The van der Waals surface area contributed by atoms with Gasteiger partial charge in [-0.2, -0.15) is 9.61 Å². The molecule has 6 nitrogen and oxygen atoms in total. The lowest BCUT2D eigenvalue weighted by molar-refractivity contribution is 0.908. The molecule has 0 aliphatic carbocycles. The second-order valence-corrected chi connectivity index (χ2v) is 6.89. The monoisotopic (exact) mass is 346 g/mol. The molecule has 25 heavy (non-hydrogen) atoms. The van der Waals surface area contributed by atoms with E-state index in [0.717, 1.165) is 39.2 Å². The van der Waals surface area contributed by atoms with Crippen LogP contribution in [0.1, 0.15) is 16.3 Å². The average molecular weight is 346 g/mol. The standard InChI is InChI=1S/C18H14N6S/c1-12-16(23-10-6-5-9-14(23)19-12)17-20-21-18-24(17)22-15(25-18)11-13-7-3-2-4-8-13/h2-10H,11H2,1H3. The molecule has 0 aliphatic rings. The molecule has 122 valence electrons. The second-order valence-electron chi connectivity index (χ2n) is 5.85. The van der Waals surface area contributed by atoms with Crippen LogP contribution < -0.4 is 0 Å². The van der Waals surface area contributed by atoms with Crippen LogP contribution in [0.3, 0.4) is 0 Å². The molecule has 0 saturated carbocycles. The molecule has 0 saturated heterocycles. The number of nitrogens with zero attached hydrogens (tertiary/aromatic N) is 6. The van der Waals surface area contributed by atoms with Crippen LogP contribution in [0.15, 0.2) is 54.7 Å². The Morgan fingerprint density at radius 3 is 2.72 bits per heavy atom. The van der Waals surface area contributed by atoms with Crippen molar-refractivity contribution in [3.63, 3.8) is 0 Å². The van der Waals surface area contributed by atoms with E-state index in [1.165, 1.54) is 5.56 Å². The first kappa shape index (κ1) is 14.3. The number of aromatic nitrogens is 6. The molecular weight excluding hydrogens is 332 g/mol. The molecule has 4 heterocycles. The molecule has 0 spiro atoms. The molecule has 5 aromatic rings. The summed E-state index contributed by atoms with van der Waals surface area (Å²) in [4.78, 5) is 5.41. The lowest BCUT2D eigenvalue weighted by Crippen LogP contribution is -1.97. The lowest BCUT2D eigenvalue weighted by Gasteiger charge is -1.99. The lowest BCUT2D eigenvalue weighted by atomic mass is 10.2. The third-order valence-electron chi connectivity index (χ3n) is 4.15. The van der Waals surface area contributed by atoms with E-state index >= 15 is 0 Å². The number of pyridine rings is 1. The Balaban J connectivity index is 1.63. The number of imidazole rings is 1. The zero-order valence-corrected chi connectivity index (χ0v) is 14.3. The Morgan fingerprint density at radius 1 is 1.00 bits per heavy atom. The molecule has 4 aromatic heterocycles. The summed E-state index contributed by atoms with van der Waals surface area (Å²) in [6, 6.07) is 16.3. The molecule has 5 rings (SSSR count). The molecule has 0 radical (unpaired) electrons. The molecule has 0 unspecified atom stereocenters. The molecule has 0 amide bonds. The fourth-order valence-electron chi connectivity index (χ4n) is 3.03. The molecule has 1 aromatic carbocycles. The smallest absolute Gasteiger partial charge is 0.235 e. The van der Waals surface area contributed by atoms with Crippen LogP contribution in [0.4, 0.5) is 0 Å². The number of benzene rings is 1. The number of aryl methyl sites for hydroxylation is 1. The van der Waals surface area contributed by atoms with E-state index in [-0.39, 0.29) is 0 Å². The van der Waals surface area contributed by atoms with Crippen LogP contribution in [0.2, 0.25) is 0 Å². The van der Waals surface area contributed by atoms with Crippen LogP contribution in [0.5, 0.6) is 0 Å². The minimum atomic E-state index is 0.724. The van der Waals surface area contributed by atoms with Crippen molar-refractivity contribution in [2.24, 2.45) is 0 Å². The van der Waals surface area contributed by atoms with Crippen LogP contribution >= 0.6 is 11.3 Å². The first-order chi connectivity index (χ1) is 12.3. The van der Waals surface area contributed by atoms with Crippen LogP contribution in [-0.2, 0) is 6.42 Å². The summed E-state index contributed by atoms with van der Waals surface area (Å²) in [6.07, 6.45) is 2.78. The van der Waals surface area contributed by atoms with Gasteiger partial charge in [-0.05, 0) is 24.6 Å². The Labute approximate surface area is 147 Å². The zero-order valence-electron chi connectivity index (χ0n) is 13.5. The van der Waals surface area contributed by atoms with E-state index in [1.807, 2.05) is 58.4 Å². The van der Waals surface area contributed by atoms with Gasteiger partial charge in [-0.25, -0.2) is 4.98 Å². The summed E-state index contributed by atoms with van der Waals surface area (Å²) in [5.41, 5.74) is 3.98. The number of rotatable bonds is 3. The number of hydrogen-bond acceptors (Lipinski definition) is 5. The van der Waals surface area contributed by atoms with Crippen LogP contribution in [0.25, 0.3) is 22.1 Å². The molecular formula is C18H14N6S. The topological polar surface area (TPSA) is 60.4 Å². The van der Waals surface area contributed by atoms with Crippen molar-refractivity contribution in [3.8, 4) is 11.5 Å². The van der Waals surface area contributed by atoms with E-state index in [9.17, 15) is 0 Å². The van der Waals surface area contributed by atoms with Gasteiger partial charge in [-0.15, -0.1) is 10.2 Å². The van der Waals surface area contributed by atoms with Gasteiger partial charge in [0.25, 0.3) is 0 Å². The molecule has 0 bridgehead atoms. The maximum atomic E-state index is 4.74.